The number of rotatable bonds is 1. The zero-order valence-corrected chi connectivity index (χ0v) is 11.2. The van der Waals surface area contributed by atoms with Gasteiger partial charge in [-0.1, -0.05) is 27.8 Å². The van der Waals surface area contributed by atoms with E-state index in [0.29, 0.717) is 5.56 Å². The summed E-state index contributed by atoms with van der Waals surface area (Å²) in [6.07, 6.45) is 0. The van der Waals surface area contributed by atoms with Gasteiger partial charge in [0.2, 0.25) is 0 Å². The van der Waals surface area contributed by atoms with Crippen molar-refractivity contribution in [3.05, 3.63) is 68.2 Å². The Bertz CT molecular complexity index is 684. The third-order valence-electron chi connectivity index (χ3n) is 2.37. The summed E-state index contributed by atoms with van der Waals surface area (Å²) in [4.78, 5) is 9.91. The van der Waals surface area contributed by atoms with Crippen molar-refractivity contribution in [3.63, 3.8) is 0 Å². The molecule has 0 saturated heterocycles. The number of aromatic hydroxyl groups is 1. The first kappa shape index (κ1) is 13.1. The van der Waals surface area contributed by atoms with E-state index >= 15 is 0 Å². The zero-order valence-electron chi connectivity index (χ0n) is 9.63. The number of hydrogen-bond donors (Lipinski definition) is 1. The molecule has 4 nitrogen and oxygen atoms in total. The minimum atomic E-state index is -0.638. The topological polar surface area (TPSA) is 63.4 Å². The number of hydrogen-bond acceptors (Lipinski definition) is 3. The Hall–Kier alpha value is -2.32. The van der Waals surface area contributed by atoms with E-state index in [4.69, 9.17) is 0 Å². The number of nitro benzene ring substituents is 1. The predicted octanol–water partition coefficient (Wildman–Crippen LogP) is 3.46. The number of phenols is 1. The summed E-state index contributed by atoms with van der Waals surface area (Å²) in [5, 5.41) is 20.0. The molecule has 0 atom stereocenters. The maximum Gasteiger partial charge on any atom is 0.310 e. The molecule has 0 aliphatic rings. The Morgan fingerprint density at radius 1 is 1.05 bits per heavy atom. The van der Waals surface area contributed by atoms with Crippen molar-refractivity contribution >= 4 is 21.6 Å². The summed E-state index contributed by atoms with van der Waals surface area (Å²) < 4.78 is 0.964. The van der Waals surface area contributed by atoms with Gasteiger partial charge in [0.05, 0.1) is 4.92 Å². The molecule has 0 spiro atoms. The summed E-state index contributed by atoms with van der Waals surface area (Å²) in [7, 11) is 0. The Morgan fingerprint density at radius 2 is 1.63 bits per heavy atom. The number of benzene rings is 2. The minimum absolute atomic E-state index is 0.325. The van der Waals surface area contributed by atoms with Crippen molar-refractivity contribution in [3.8, 4) is 17.6 Å². The van der Waals surface area contributed by atoms with Crippen LogP contribution in [-0.2, 0) is 0 Å². The summed E-state index contributed by atoms with van der Waals surface area (Å²) >= 11 is 3.33. The SMILES string of the molecule is O=[N+]([O-])c1ccc(C#Cc2ccc(Br)cc2)cc1O. The summed E-state index contributed by atoms with van der Waals surface area (Å²) in [6, 6.07) is 11.5. The number of phenolic OH excluding ortho intramolecular Hbond substituents is 1. The fourth-order valence-electron chi connectivity index (χ4n) is 1.43. The van der Waals surface area contributed by atoms with Crippen molar-refractivity contribution < 1.29 is 10.0 Å². The van der Waals surface area contributed by atoms with Gasteiger partial charge >= 0.3 is 5.69 Å². The molecular weight excluding hydrogens is 310 g/mol. The Morgan fingerprint density at radius 3 is 2.21 bits per heavy atom. The number of nitro groups is 1. The Kier molecular flexibility index (Phi) is 3.83. The van der Waals surface area contributed by atoms with E-state index in [2.05, 4.69) is 27.8 Å². The van der Waals surface area contributed by atoms with E-state index in [0.717, 1.165) is 10.0 Å². The van der Waals surface area contributed by atoms with Crippen LogP contribution in [0.5, 0.6) is 5.75 Å². The highest BCUT2D eigenvalue weighted by Crippen LogP contribution is 2.25. The van der Waals surface area contributed by atoms with E-state index in [1.54, 1.807) is 0 Å². The largest absolute Gasteiger partial charge is 0.502 e. The van der Waals surface area contributed by atoms with Gasteiger partial charge in [-0.15, -0.1) is 0 Å². The first-order valence-corrected chi connectivity index (χ1v) is 6.10. The second kappa shape index (κ2) is 5.55. The van der Waals surface area contributed by atoms with E-state index in [1.807, 2.05) is 24.3 Å². The second-order valence-corrected chi connectivity index (χ2v) is 4.63. The molecule has 0 unspecified atom stereocenters. The highest BCUT2D eigenvalue weighted by atomic mass is 79.9. The Labute approximate surface area is 118 Å². The van der Waals surface area contributed by atoms with Crippen molar-refractivity contribution in [2.24, 2.45) is 0 Å². The second-order valence-electron chi connectivity index (χ2n) is 3.72. The van der Waals surface area contributed by atoms with Crippen LogP contribution in [-0.4, -0.2) is 10.0 Å². The lowest BCUT2D eigenvalue weighted by Crippen LogP contribution is -1.88. The molecule has 1 N–H and O–H groups in total. The summed E-state index contributed by atoms with van der Waals surface area (Å²) in [5.41, 5.74) is 1.02. The average Bonchev–Trinajstić information content (AvgIpc) is 2.37. The first-order chi connectivity index (χ1) is 9.06. The van der Waals surface area contributed by atoms with Crippen LogP contribution in [0, 0.1) is 22.0 Å². The third-order valence-corrected chi connectivity index (χ3v) is 2.90. The van der Waals surface area contributed by atoms with Gasteiger partial charge in [-0.05, 0) is 30.3 Å². The molecule has 2 rings (SSSR count). The maximum atomic E-state index is 10.5. The van der Waals surface area contributed by atoms with Gasteiger partial charge in [-0.3, -0.25) is 10.1 Å². The molecule has 2 aromatic carbocycles. The summed E-state index contributed by atoms with van der Waals surface area (Å²) in [6.45, 7) is 0. The van der Waals surface area contributed by atoms with Crippen LogP contribution < -0.4 is 0 Å². The maximum absolute atomic E-state index is 10.5. The van der Waals surface area contributed by atoms with Crippen molar-refractivity contribution in [1.82, 2.24) is 0 Å². The molecular formula is C14H8BrNO3. The zero-order chi connectivity index (χ0) is 13.8. The van der Waals surface area contributed by atoms with Crippen molar-refractivity contribution in [2.75, 3.05) is 0 Å². The molecule has 94 valence electrons. The van der Waals surface area contributed by atoms with Crippen LogP contribution in [0.3, 0.4) is 0 Å². The summed E-state index contributed by atoms with van der Waals surface area (Å²) in [5.74, 6) is 5.37. The van der Waals surface area contributed by atoms with E-state index in [-0.39, 0.29) is 11.4 Å². The molecule has 0 fully saturated rings. The van der Waals surface area contributed by atoms with Gasteiger partial charge in [0.15, 0.2) is 5.75 Å². The lowest BCUT2D eigenvalue weighted by atomic mass is 10.1. The van der Waals surface area contributed by atoms with Gasteiger partial charge < -0.3 is 5.11 Å². The van der Waals surface area contributed by atoms with Gasteiger partial charge in [-0.25, -0.2) is 0 Å². The molecule has 0 amide bonds. The van der Waals surface area contributed by atoms with Gasteiger partial charge in [0, 0.05) is 27.7 Å². The third kappa shape index (κ3) is 3.33. The van der Waals surface area contributed by atoms with Crippen LogP contribution in [0.15, 0.2) is 46.9 Å². The fourth-order valence-corrected chi connectivity index (χ4v) is 1.70. The molecule has 0 saturated carbocycles. The van der Waals surface area contributed by atoms with E-state index in [9.17, 15) is 15.2 Å². The van der Waals surface area contributed by atoms with Crippen LogP contribution >= 0.6 is 15.9 Å². The predicted molar refractivity (Wildman–Crippen MR) is 74.9 cm³/mol. The fraction of sp³-hybridized carbons (Fsp3) is 0. The van der Waals surface area contributed by atoms with Crippen molar-refractivity contribution in [1.29, 1.82) is 0 Å². The van der Waals surface area contributed by atoms with Gasteiger partial charge in [0.25, 0.3) is 0 Å². The van der Waals surface area contributed by atoms with Crippen LogP contribution in [0.4, 0.5) is 5.69 Å². The van der Waals surface area contributed by atoms with Gasteiger partial charge in [0.1, 0.15) is 0 Å². The van der Waals surface area contributed by atoms with Crippen LogP contribution in [0.2, 0.25) is 0 Å². The van der Waals surface area contributed by atoms with E-state index in [1.165, 1.54) is 18.2 Å². The smallest absolute Gasteiger partial charge is 0.310 e. The van der Waals surface area contributed by atoms with Crippen LogP contribution in [0.1, 0.15) is 11.1 Å². The lowest BCUT2D eigenvalue weighted by Gasteiger charge is -1.96. The molecule has 2 aromatic rings. The molecule has 0 bridgehead atoms. The molecule has 0 radical (unpaired) electrons. The molecule has 0 aliphatic carbocycles. The monoisotopic (exact) mass is 317 g/mol. The molecule has 0 heterocycles. The first-order valence-electron chi connectivity index (χ1n) is 5.31. The lowest BCUT2D eigenvalue weighted by molar-refractivity contribution is -0.385. The highest BCUT2D eigenvalue weighted by molar-refractivity contribution is 9.10. The minimum Gasteiger partial charge on any atom is -0.502 e. The van der Waals surface area contributed by atoms with Crippen LogP contribution in [0.25, 0.3) is 0 Å². The quantitative estimate of drug-likeness (QED) is 0.497. The number of halogens is 1. The molecule has 19 heavy (non-hydrogen) atoms. The van der Waals surface area contributed by atoms with Crippen molar-refractivity contribution in [2.45, 2.75) is 0 Å². The standard InChI is InChI=1S/C14H8BrNO3/c15-12-6-3-10(4-7-12)1-2-11-5-8-13(16(18)19)14(17)9-11/h3-9,17H. The molecule has 5 heteroatoms. The molecule has 0 aromatic heterocycles. The molecule has 0 aliphatic heterocycles. The van der Waals surface area contributed by atoms with E-state index < -0.39 is 4.92 Å². The van der Waals surface area contributed by atoms with Gasteiger partial charge in [-0.2, -0.15) is 0 Å². The highest BCUT2D eigenvalue weighted by Gasteiger charge is 2.11. The average molecular weight is 318 g/mol. The Balaban J connectivity index is 2.27. The normalized spacial score (nSPS) is 9.53. The number of nitrogens with zero attached hydrogens (tertiary/aromatic N) is 1.